The number of carbonyl (C=O) groups excluding carboxylic acids is 2. The zero-order valence-electron chi connectivity index (χ0n) is 25.8. The number of rotatable bonds is 14. The van der Waals surface area contributed by atoms with Gasteiger partial charge in [0.1, 0.15) is 19.0 Å². The summed E-state index contributed by atoms with van der Waals surface area (Å²) in [5.74, 6) is 0.131. The van der Waals surface area contributed by atoms with Crippen molar-refractivity contribution in [2.45, 2.75) is 42.7 Å². The van der Waals surface area contributed by atoms with Crippen molar-refractivity contribution in [3.05, 3.63) is 138 Å². The third kappa shape index (κ3) is 7.41. The van der Waals surface area contributed by atoms with Gasteiger partial charge in [0.2, 0.25) is 17.7 Å². The average molecular weight is 640 g/mol. The van der Waals surface area contributed by atoms with Crippen LogP contribution in [0.2, 0.25) is 0 Å². The lowest BCUT2D eigenvalue weighted by atomic mass is 9.84. The number of hydrogen-bond acceptors (Lipinski definition) is 9. The number of thioether (sulfide) groups is 1. The number of aromatic nitrogens is 1. The summed E-state index contributed by atoms with van der Waals surface area (Å²) in [6.45, 7) is 1.60. The number of oxazole rings is 1. The van der Waals surface area contributed by atoms with Crippen LogP contribution in [0.25, 0.3) is 0 Å². The largest absolute Gasteiger partial charge is 0.473 e. The molecule has 0 saturated heterocycles. The van der Waals surface area contributed by atoms with Crippen molar-refractivity contribution in [3.8, 4) is 0 Å². The summed E-state index contributed by atoms with van der Waals surface area (Å²) in [6, 6.07) is 31.6. The summed E-state index contributed by atoms with van der Waals surface area (Å²) in [6.07, 6.45) is 4.87. The predicted octanol–water partition coefficient (Wildman–Crippen LogP) is 5.42. The molecule has 9 nitrogen and oxygen atoms in total. The maximum atomic E-state index is 12.5. The molecule has 0 bridgehead atoms. The van der Waals surface area contributed by atoms with Gasteiger partial charge >= 0.3 is 5.97 Å². The monoisotopic (exact) mass is 639 g/mol. The fourth-order valence-corrected chi connectivity index (χ4v) is 6.69. The lowest BCUT2D eigenvalue weighted by molar-refractivity contribution is -0.146. The number of carbonyl (C=O) groups is 2. The summed E-state index contributed by atoms with van der Waals surface area (Å²) in [5.41, 5.74) is 2.76. The molecule has 2 heterocycles. The zero-order valence-corrected chi connectivity index (χ0v) is 26.6. The minimum Gasteiger partial charge on any atom is -0.473 e. The topological polar surface area (TPSA) is 123 Å². The second kappa shape index (κ2) is 15.1. The molecule has 0 fully saturated rings. The Morgan fingerprint density at radius 2 is 1.59 bits per heavy atom. The van der Waals surface area contributed by atoms with Gasteiger partial charge in [-0.05, 0) is 35.8 Å². The molecule has 2 N–H and O–H groups in total. The van der Waals surface area contributed by atoms with E-state index in [-0.39, 0.29) is 31.4 Å². The molecular formula is C36H37N3O6S. The number of esters is 1. The first-order valence-electron chi connectivity index (χ1n) is 15.0. The summed E-state index contributed by atoms with van der Waals surface area (Å²) in [7, 11) is 1.29. The molecule has 4 aromatic rings. The molecule has 10 heteroatoms. The lowest BCUT2D eigenvalue weighted by Gasteiger charge is -2.35. The molecule has 1 aliphatic rings. The Hall–Kier alpha value is -4.67. The molecule has 0 radical (unpaired) electrons. The van der Waals surface area contributed by atoms with Crippen LogP contribution >= 0.6 is 11.8 Å². The van der Waals surface area contributed by atoms with Gasteiger partial charge in [0.15, 0.2) is 11.2 Å². The Kier molecular flexibility index (Phi) is 10.7. The van der Waals surface area contributed by atoms with Crippen molar-refractivity contribution in [1.82, 2.24) is 10.3 Å². The summed E-state index contributed by atoms with van der Waals surface area (Å²) >= 11 is 1.86. The van der Waals surface area contributed by atoms with E-state index < -0.39 is 28.3 Å². The minimum absolute atomic E-state index is 0.0281. The molecule has 2 atom stereocenters. The molecular weight excluding hydrogens is 602 g/mol. The Morgan fingerprint density at radius 3 is 2.15 bits per heavy atom. The average Bonchev–Trinajstić information content (AvgIpc) is 3.75. The van der Waals surface area contributed by atoms with Crippen LogP contribution in [0.5, 0.6) is 0 Å². The Balaban J connectivity index is 1.14. The van der Waals surface area contributed by atoms with Gasteiger partial charge in [-0.2, -0.15) is 0 Å². The van der Waals surface area contributed by atoms with Crippen molar-refractivity contribution in [2.75, 3.05) is 19.5 Å². The van der Waals surface area contributed by atoms with Gasteiger partial charge in [-0.1, -0.05) is 103 Å². The molecule has 0 saturated carbocycles. The Morgan fingerprint density at radius 1 is 1.00 bits per heavy atom. The zero-order chi connectivity index (χ0) is 32.4. The van der Waals surface area contributed by atoms with Gasteiger partial charge in [-0.15, -0.1) is 11.8 Å². The summed E-state index contributed by atoms with van der Waals surface area (Å²) in [5, 5.41) is 13.1. The quantitative estimate of drug-likeness (QED) is 0.0812. The Bertz CT molecular complexity index is 1560. The van der Waals surface area contributed by atoms with Gasteiger partial charge in [-0.25, -0.2) is 14.8 Å². The summed E-state index contributed by atoms with van der Waals surface area (Å²) < 4.78 is 15.3. The lowest BCUT2D eigenvalue weighted by Crippen LogP contribution is -2.35. The number of hydrogen-bond donors (Lipinski definition) is 2. The molecule has 0 unspecified atom stereocenters. The van der Waals surface area contributed by atoms with Gasteiger partial charge in [0, 0.05) is 6.42 Å². The number of allylic oxidation sites excluding steroid dienone is 1. The number of nitrogens with one attached hydrogen (secondary N) is 1. The van der Waals surface area contributed by atoms with E-state index in [9.17, 15) is 14.7 Å². The van der Waals surface area contributed by atoms with E-state index in [1.807, 2.05) is 42.1 Å². The maximum Gasteiger partial charge on any atom is 0.337 e. The van der Waals surface area contributed by atoms with Crippen molar-refractivity contribution in [1.29, 1.82) is 0 Å². The van der Waals surface area contributed by atoms with Crippen LogP contribution in [-0.2, 0) is 30.4 Å². The number of methoxy groups -OCH3 is 1. The third-order valence-corrected chi connectivity index (χ3v) is 9.20. The normalized spacial score (nSPS) is 16.9. The van der Waals surface area contributed by atoms with Gasteiger partial charge in [0.05, 0.1) is 18.4 Å². The molecule has 1 aliphatic heterocycles. The highest BCUT2D eigenvalue weighted by molar-refractivity contribution is 8.00. The highest BCUT2D eigenvalue weighted by Crippen LogP contribution is 2.48. The molecule has 5 rings (SSSR count). The predicted molar refractivity (Wildman–Crippen MR) is 177 cm³/mol. The van der Waals surface area contributed by atoms with Crippen LogP contribution in [0.15, 0.2) is 119 Å². The summed E-state index contributed by atoms with van der Waals surface area (Å²) in [4.78, 5) is 33.0. The molecule has 1 amide bonds. The number of nitrogens with zero attached hydrogens (tertiary/aromatic N) is 2. The molecule has 0 spiro atoms. The van der Waals surface area contributed by atoms with Crippen molar-refractivity contribution in [3.63, 3.8) is 0 Å². The molecule has 238 valence electrons. The fourth-order valence-electron chi connectivity index (χ4n) is 5.22. The van der Waals surface area contributed by atoms with E-state index in [2.05, 4.69) is 88.1 Å². The Labute approximate surface area is 272 Å². The van der Waals surface area contributed by atoms with Gasteiger partial charge < -0.3 is 24.3 Å². The first-order valence-corrected chi connectivity index (χ1v) is 16.0. The first-order chi connectivity index (χ1) is 22.4. The molecule has 1 aromatic heterocycles. The number of benzene rings is 3. The number of aliphatic hydroxyl groups excluding tert-OH is 1. The van der Waals surface area contributed by atoms with Crippen LogP contribution < -0.4 is 5.32 Å². The number of aliphatic hydroxyl groups is 1. The van der Waals surface area contributed by atoms with E-state index >= 15 is 0 Å². The van der Waals surface area contributed by atoms with Crippen LogP contribution in [0.1, 0.15) is 48.0 Å². The maximum absolute atomic E-state index is 12.5. The van der Waals surface area contributed by atoms with Crippen LogP contribution in [0, 0.1) is 0 Å². The van der Waals surface area contributed by atoms with E-state index in [0.29, 0.717) is 5.69 Å². The smallest absolute Gasteiger partial charge is 0.337 e. The second-order valence-electron chi connectivity index (χ2n) is 11.0. The number of amides is 1. The van der Waals surface area contributed by atoms with E-state index in [4.69, 9.17) is 13.9 Å². The van der Waals surface area contributed by atoms with Crippen molar-refractivity contribution < 1.29 is 28.6 Å². The molecule has 0 aliphatic carbocycles. The fraction of sp³-hybridized carbons (Fsp3) is 0.278. The standard InChI is InChI=1S/C36H37N3O6S/c1-35(34(42)43-2)25-45-33(39-35)29-24-44-31(38-29)23-37-32(41)30(40)21-13-6-14-22-46-36(26-15-7-3-8-16-26,27-17-9-4-10-18-27)28-19-11-5-12-20-28/h3-13,15-20,24,30,40H,14,21-23,25H2,1-2H3,(H,37,41)/b13-6+/t30-,35+/m1/s1. The van der Waals surface area contributed by atoms with Crippen molar-refractivity contribution >= 4 is 29.5 Å². The van der Waals surface area contributed by atoms with Crippen LogP contribution in [0.4, 0.5) is 0 Å². The molecule has 46 heavy (non-hydrogen) atoms. The molecule has 3 aromatic carbocycles. The van der Waals surface area contributed by atoms with E-state index in [0.717, 1.165) is 12.2 Å². The van der Waals surface area contributed by atoms with Gasteiger partial charge in [0.25, 0.3) is 0 Å². The van der Waals surface area contributed by atoms with Crippen LogP contribution in [-0.4, -0.2) is 59.0 Å². The first kappa shape index (κ1) is 32.7. The van der Waals surface area contributed by atoms with E-state index in [1.165, 1.54) is 30.1 Å². The van der Waals surface area contributed by atoms with Crippen molar-refractivity contribution in [2.24, 2.45) is 4.99 Å². The SMILES string of the molecule is COC(=O)[C@]1(C)COC(c2coc(CNC(=O)[C@H](O)C/C=C/CCSC(c3ccccc3)(c3ccccc3)c3ccccc3)n2)=N1. The van der Waals surface area contributed by atoms with E-state index in [1.54, 1.807) is 6.92 Å². The number of aliphatic imine (C=N–C) groups is 1. The second-order valence-corrected chi connectivity index (χ2v) is 12.3. The van der Waals surface area contributed by atoms with Crippen LogP contribution in [0.3, 0.4) is 0 Å². The van der Waals surface area contributed by atoms with Gasteiger partial charge in [-0.3, -0.25) is 4.79 Å². The highest BCUT2D eigenvalue weighted by Gasteiger charge is 2.41. The highest BCUT2D eigenvalue weighted by atomic mass is 32.2. The third-order valence-electron chi connectivity index (χ3n) is 7.62. The minimum atomic E-state index is -1.22. The number of ether oxygens (including phenoxy) is 2.